The van der Waals surface area contributed by atoms with Gasteiger partial charge >= 0.3 is 5.97 Å². The molecule has 1 fully saturated rings. The number of rotatable bonds is 4. The summed E-state index contributed by atoms with van der Waals surface area (Å²) < 4.78 is 5.64. The summed E-state index contributed by atoms with van der Waals surface area (Å²) >= 11 is 0. The molecule has 3 nitrogen and oxygen atoms in total. The lowest BCUT2D eigenvalue weighted by Crippen LogP contribution is -2.28. The van der Waals surface area contributed by atoms with Crippen LogP contribution in [-0.4, -0.2) is 5.97 Å². The average molecular weight is 319 g/mol. The number of nitriles is 1. The molecule has 0 radical (unpaired) electrons. The van der Waals surface area contributed by atoms with Crippen LogP contribution in [-0.2, 0) is 4.79 Å². The fourth-order valence-electron chi connectivity index (χ4n) is 3.75. The van der Waals surface area contributed by atoms with Gasteiger partial charge in [0.2, 0.25) is 0 Å². The molecule has 3 atom stereocenters. The predicted octanol–water partition coefficient (Wildman–Crippen LogP) is 4.68. The van der Waals surface area contributed by atoms with Gasteiger partial charge in [-0.25, -0.2) is 0 Å². The number of para-hydroxylation sites is 1. The molecule has 0 spiro atoms. The van der Waals surface area contributed by atoms with Crippen molar-refractivity contribution in [2.24, 2.45) is 11.8 Å². The number of esters is 1. The lowest BCUT2D eigenvalue weighted by molar-refractivity contribution is -0.140. The minimum Gasteiger partial charge on any atom is -0.426 e. The molecule has 0 heterocycles. The molecule has 3 rings (SSSR count). The Balaban J connectivity index is 1.83. The molecule has 0 saturated heterocycles. The van der Waals surface area contributed by atoms with Crippen LogP contribution in [0.3, 0.4) is 0 Å². The van der Waals surface area contributed by atoms with Gasteiger partial charge in [0, 0.05) is 0 Å². The topological polar surface area (TPSA) is 50.1 Å². The van der Waals surface area contributed by atoms with Crippen molar-refractivity contribution in [2.75, 3.05) is 0 Å². The fraction of sp³-hybridized carbons (Fsp3) is 0.333. The van der Waals surface area contributed by atoms with Crippen LogP contribution in [0.2, 0.25) is 0 Å². The van der Waals surface area contributed by atoms with E-state index in [2.05, 4.69) is 13.0 Å². The van der Waals surface area contributed by atoms with Crippen LogP contribution < -0.4 is 4.74 Å². The minimum absolute atomic E-state index is 0.122. The zero-order valence-corrected chi connectivity index (χ0v) is 13.8. The van der Waals surface area contributed by atoms with Crippen LogP contribution >= 0.6 is 0 Å². The lowest BCUT2D eigenvalue weighted by Gasteiger charge is -2.23. The Labute approximate surface area is 142 Å². The molecule has 24 heavy (non-hydrogen) atoms. The Morgan fingerprint density at radius 2 is 1.83 bits per heavy atom. The van der Waals surface area contributed by atoms with E-state index >= 15 is 0 Å². The summed E-state index contributed by atoms with van der Waals surface area (Å²) in [5.74, 6) is 0.853. The van der Waals surface area contributed by atoms with E-state index in [1.807, 2.05) is 54.6 Å². The molecule has 1 aliphatic carbocycles. The molecule has 0 bridgehead atoms. The molecule has 1 saturated carbocycles. The molecule has 2 aromatic rings. The Bertz CT molecular complexity index is 731. The van der Waals surface area contributed by atoms with Crippen molar-refractivity contribution in [1.29, 1.82) is 5.26 Å². The first-order valence-electron chi connectivity index (χ1n) is 8.49. The molecule has 1 aliphatic rings. The third-order valence-electron chi connectivity index (χ3n) is 5.02. The Hall–Kier alpha value is -2.60. The molecular formula is C21H21NO2. The van der Waals surface area contributed by atoms with Gasteiger partial charge in [-0.3, -0.25) is 4.79 Å². The van der Waals surface area contributed by atoms with Gasteiger partial charge in [0.05, 0.1) is 17.6 Å². The van der Waals surface area contributed by atoms with Gasteiger partial charge in [-0.05, 0) is 54.5 Å². The number of nitrogens with zero attached hydrogens (tertiary/aromatic N) is 1. The van der Waals surface area contributed by atoms with E-state index in [-0.39, 0.29) is 17.8 Å². The number of hydrogen-bond acceptors (Lipinski definition) is 3. The van der Waals surface area contributed by atoms with E-state index < -0.39 is 0 Å². The van der Waals surface area contributed by atoms with E-state index in [4.69, 9.17) is 10.00 Å². The maximum atomic E-state index is 12.8. The molecule has 0 N–H and O–H groups in total. The molecule has 0 aromatic heterocycles. The number of hydrogen-bond donors (Lipinski definition) is 0. The summed E-state index contributed by atoms with van der Waals surface area (Å²) in [4.78, 5) is 12.8. The molecule has 0 amide bonds. The van der Waals surface area contributed by atoms with Crippen LogP contribution in [0.5, 0.6) is 5.75 Å². The fourth-order valence-corrected chi connectivity index (χ4v) is 3.75. The first-order valence-corrected chi connectivity index (χ1v) is 8.49. The zero-order chi connectivity index (χ0) is 16.9. The third-order valence-corrected chi connectivity index (χ3v) is 5.02. The quantitative estimate of drug-likeness (QED) is 0.607. The van der Waals surface area contributed by atoms with Gasteiger partial charge in [-0.15, -0.1) is 0 Å². The maximum absolute atomic E-state index is 12.8. The molecule has 3 unspecified atom stereocenters. The second-order valence-electron chi connectivity index (χ2n) is 6.35. The highest BCUT2D eigenvalue weighted by Crippen LogP contribution is 2.45. The largest absolute Gasteiger partial charge is 0.426 e. The van der Waals surface area contributed by atoms with E-state index in [1.165, 1.54) is 0 Å². The van der Waals surface area contributed by atoms with Gasteiger partial charge in [-0.2, -0.15) is 5.26 Å². The van der Waals surface area contributed by atoms with Crippen LogP contribution in [0.1, 0.15) is 43.2 Å². The van der Waals surface area contributed by atoms with Gasteiger partial charge in [0.15, 0.2) is 0 Å². The van der Waals surface area contributed by atoms with Crippen LogP contribution in [0.25, 0.3) is 0 Å². The molecular weight excluding hydrogens is 298 g/mol. The van der Waals surface area contributed by atoms with Crippen molar-refractivity contribution in [2.45, 2.75) is 32.1 Å². The number of benzene rings is 2. The van der Waals surface area contributed by atoms with Crippen molar-refractivity contribution in [1.82, 2.24) is 0 Å². The molecule has 0 aliphatic heterocycles. The van der Waals surface area contributed by atoms with Gasteiger partial charge in [0.25, 0.3) is 0 Å². The normalized spacial score (nSPS) is 22.8. The third kappa shape index (κ3) is 3.33. The molecule has 122 valence electrons. The predicted molar refractivity (Wildman–Crippen MR) is 92.5 cm³/mol. The summed E-state index contributed by atoms with van der Waals surface area (Å²) in [7, 11) is 0. The number of ether oxygens (including phenoxy) is 1. The van der Waals surface area contributed by atoms with Crippen molar-refractivity contribution in [3.8, 4) is 11.8 Å². The second-order valence-corrected chi connectivity index (χ2v) is 6.35. The highest BCUT2D eigenvalue weighted by atomic mass is 16.5. The average Bonchev–Trinajstić information content (AvgIpc) is 3.07. The highest BCUT2D eigenvalue weighted by molar-refractivity contribution is 5.77. The molecule has 2 aromatic carbocycles. The number of carbonyl (C=O) groups excluding carboxylic acids is 1. The Kier molecular flexibility index (Phi) is 4.96. The SMILES string of the molecule is CCC1CCC(c2ccc(C#N)cc2)C1C(=O)Oc1ccccc1. The maximum Gasteiger partial charge on any atom is 0.315 e. The second kappa shape index (κ2) is 7.31. The lowest BCUT2D eigenvalue weighted by atomic mass is 9.83. The minimum atomic E-state index is -0.139. The van der Waals surface area contributed by atoms with E-state index in [1.54, 1.807) is 0 Å². The smallest absolute Gasteiger partial charge is 0.315 e. The van der Waals surface area contributed by atoms with E-state index in [0.717, 1.165) is 24.8 Å². The van der Waals surface area contributed by atoms with Crippen molar-refractivity contribution >= 4 is 5.97 Å². The van der Waals surface area contributed by atoms with E-state index in [0.29, 0.717) is 17.2 Å². The number of carbonyl (C=O) groups is 1. The van der Waals surface area contributed by atoms with Crippen LogP contribution in [0, 0.1) is 23.2 Å². The first kappa shape index (κ1) is 16.3. The summed E-state index contributed by atoms with van der Waals surface area (Å²) in [6, 6.07) is 19.0. The summed E-state index contributed by atoms with van der Waals surface area (Å²) in [5.41, 5.74) is 1.77. The van der Waals surface area contributed by atoms with Gasteiger partial charge < -0.3 is 4.74 Å². The van der Waals surface area contributed by atoms with Gasteiger partial charge in [0.1, 0.15) is 5.75 Å². The summed E-state index contributed by atoms with van der Waals surface area (Å²) in [6.07, 6.45) is 3.00. The van der Waals surface area contributed by atoms with Gasteiger partial charge in [-0.1, -0.05) is 43.7 Å². The first-order chi connectivity index (χ1) is 11.7. The Morgan fingerprint density at radius 3 is 2.46 bits per heavy atom. The van der Waals surface area contributed by atoms with Crippen LogP contribution in [0.15, 0.2) is 54.6 Å². The van der Waals surface area contributed by atoms with E-state index in [9.17, 15) is 4.79 Å². The van der Waals surface area contributed by atoms with Crippen molar-refractivity contribution < 1.29 is 9.53 Å². The standard InChI is InChI=1S/C21H21NO2/c1-2-16-12-13-19(17-10-8-15(14-22)9-11-17)20(16)21(23)24-18-6-4-3-5-7-18/h3-11,16,19-20H,2,12-13H2,1H3. The summed E-state index contributed by atoms with van der Waals surface area (Å²) in [5, 5.41) is 8.95. The summed E-state index contributed by atoms with van der Waals surface area (Å²) in [6.45, 7) is 2.13. The monoisotopic (exact) mass is 319 g/mol. The van der Waals surface area contributed by atoms with Crippen molar-refractivity contribution in [3.63, 3.8) is 0 Å². The van der Waals surface area contributed by atoms with Crippen molar-refractivity contribution in [3.05, 3.63) is 65.7 Å². The molecule has 3 heteroatoms. The van der Waals surface area contributed by atoms with Crippen LogP contribution in [0.4, 0.5) is 0 Å². The zero-order valence-electron chi connectivity index (χ0n) is 13.8. The Morgan fingerprint density at radius 1 is 1.12 bits per heavy atom. The highest BCUT2D eigenvalue weighted by Gasteiger charge is 2.41.